The lowest BCUT2D eigenvalue weighted by Gasteiger charge is -1.94. The summed E-state index contributed by atoms with van der Waals surface area (Å²) in [7, 11) is 0. The van der Waals surface area contributed by atoms with Crippen molar-refractivity contribution in [3.8, 4) is 0 Å². The van der Waals surface area contributed by atoms with Crippen molar-refractivity contribution in [1.82, 2.24) is 0 Å². The van der Waals surface area contributed by atoms with Gasteiger partial charge in [-0.2, -0.15) is 0 Å². The Morgan fingerprint density at radius 2 is 2.14 bits per heavy atom. The molecule has 0 unspecified atom stereocenters. The Morgan fingerprint density at radius 1 is 1.36 bits per heavy atom. The lowest BCUT2D eigenvalue weighted by Crippen LogP contribution is -1.83. The molecule has 72 valence electrons. The molecule has 0 N–H and O–H groups in total. The van der Waals surface area contributed by atoms with Crippen LogP contribution in [0.4, 0.5) is 0 Å². The first-order valence-electron chi connectivity index (χ1n) is 4.74. The summed E-state index contributed by atoms with van der Waals surface area (Å²) < 4.78 is 1.20. The molecule has 1 nitrogen and oxygen atoms in total. The minimum absolute atomic E-state index is 0.157. The van der Waals surface area contributed by atoms with Gasteiger partial charge in [-0.1, -0.05) is 19.1 Å². The molecule has 0 spiro atoms. The highest BCUT2D eigenvalue weighted by Crippen LogP contribution is 2.26. The van der Waals surface area contributed by atoms with Gasteiger partial charge in [0, 0.05) is 4.70 Å². The van der Waals surface area contributed by atoms with Crippen LogP contribution >= 0.6 is 11.3 Å². The molecular weight excluding hydrogens is 192 g/mol. The van der Waals surface area contributed by atoms with Gasteiger partial charge in [-0.3, -0.25) is 4.79 Å². The fraction of sp³-hybridized carbons (Fsp3) is 0.250. The lowest BCUT2D eigenvalue weighted by atomic mass is 10.1. The molecule has 0 fully saturated rings. The second-order valence-electron chi connectivity index (χ2n) is 3.39. The number of fused-ring (bicyclic) bond motifs is 1. The van der Waals surface area contributed by atoms with Crippen LogP contribution in [0.15, 0.2) is 24.3 Å². The normalized spacial score (nSPS) is 10.7. The van der Waals surface area contributed by atoms with E-state index in [9.17, 15) is 4.79 Å². The second kappa shape index (κ2) is 3.54. The number of thiophene rings is 1. The zero-order valence-corrected chi connectivity index (χ0v) is 9.15. The van der Waals surface area contributed by atoms with Gasteiger partial charge in [-0.25, -0.2) is 0 Å². The third kappa shape index (κ3) is 1.58. The van der Waals surface area contributed by atoms with Gasteiger partial charge in [0.15, 0.2) is 5.78 Å². The van der Waals surface area contributed by atoms with Crippen molar-refractivity contribution in [2.45, 2.75) is 20.3 Å². The van der Waals surface area contributed by atoms with Crippen molar-refractivity contribution in [3.05, 3.63) is 34.7 Å². The predicted octanol–water partition coefficient (Wildman–Crippen LogP) is 3.67. The molecule has 2 heteroatoms. The number of Topliss-reactive ketones (excluding diaryl/α,β-unsaturated/α-hetero) is 1. The molecule has 0 aliphatic heterocycles. The van der Waals surface area contributed by atoms with Crippen LogP contribution in [0.1, 0.15) is 29.1 Å². The number of ketones is 1. The van der Waals surface area contributed by atoms with Crippen LogP contribution in [0, 0.1) is 0 Å². The van der Waals surface area contributed by atoms with E-state index in [1.807, 2.05) is 6.07 Å². The van der Waals surface area contributed by atoms with E-state index in [0.29, 0.717) is 0 Å². The SMILES string of the molecule is CCc1ccc2sc(C(C)=O)cc2c1. The quantitative estimate of drug-likeness (QED) is 0.682. The Labute approximate surface area is 87.4 Å². The van der Waals surface area contributed by atoms with Crippen LogP contribution in [-0.2, 0) is 6.42 Å². The van der Waals surface area contributed by atoms with Crippen molar-refractivity contribution in [2.75, 3.05) is 0 Å². The van der Waals surface area contributed by atoms with E-state index >= 15 is 0 Å². The zero-order valence-electron chi connectivity index (χ0n) is 8.33. The maximum Gasteiger partial charge on any atom is 0.169 e. The highest BCUT2D eigenvalue weighted by Gasteiger charge is 2.05. The van der Waals surface area contributed by atoms with Crippen LogP contribution in [0.25, 0.3) is 10.1 Å². The smallest absolute Gasteiger partial charge is 0.169 e. The molecule has 0 radical (unpaired) electrons. The molecule has 1 aromatic heterocycles. The van der Waals surface area contributed by atoms with Gasteiger partial charge >= 0.3 is 0 Å². The van der Waals surface area contributed by atoms with Crippen molar-refractivity contribution in [1.29, 1.82) is 0 Å². The number of hydrogen-bond acceptors (Lipinski definition) is 2. The molecule has 14 heavy (non-hydrogen) atoms. The average molecular weight is 204 g/mol. The number of benzene rings is 1. The van der Waals surface area contributed by atoms with E-state index in [0.717, 1.165) is 11.3 Å². The van der Waals surface area contributed by atoms with E-state index in [1.54, 1.807) is 18.3 Å². The maximum atomic E-state index is 11.2. The van der Waals surface area contributed by atoms with Crippen molar-refractivity contribution in [3.63, 3.8) is 0 Å². The van der Waals surface area contributed by atoms with E-state index in [1.165, 1.54) is 15.6 Å². The predicted molar refractivity (Wildman–Crippen MR) is 61.2 cm³/mol. The Kier molecular flexibility index (Phi) is 2.38. The maximum absolute atomic E-state index is 11.2. The third-order valence-electron chi connectivity index (χ3n) is 2.34. The topological polar surface area (TPSA) is 17.1 Å². The van der Waals surface area contributed by atoms with Crippen molar-refractivity contribution < 1.29 is 4.79 Å². The number of rotatable bonds is 2. The number of aryl methyl sites for hydroxylation is 1. The monoisotopic (exact) mass is 204 g/mol. The van der Waals surface area contributed by atoms with Gasteiger partial charge < -0.3 is 0 Å². The summed E-state index contributed by atoms with van der Waals surface area (Å²) in [6, 6.07) is 8.38. The minimum Gasteiger partial charge on any atom is -0.294 e. The van der Waals surface area contributed by atoms with Crippen LogP contribution in [-0.4, -0.2) is 5.78 Å². The van der Waals surface area contributed by atoms with Crippen molar-refractivity contribution in [2.24, 2.45) is 0 Å². The molecule has 0 bridgehead atoms. The van der Waals surface area contributed by atoms with E-state index in [-0.39, 0.29) is 5.78 Å². The largest absolute Gasteiger partial charge is 0.294 e. The van der Waals surface area contributed by atoms with Gasteiger partial charge in [-0.05, 0) is 36.4 Å². The molecule has 0 amide bonds. The summed E-state index contributed by atoms with van der Waals surface area (Å²) in [6.07, 6.45) is 1.04. The van der Waals surface area contributed by atoms with E-state index in [2.05, 4.69) is 25.1 Å². The molecule has 2 aromatic rings. The summed E-state index contributed by atoms with van der Waals surface area (Å²) in [6.45, 7) is 3.75. The molecule has 0 aliphatic carbocycles. The minimum atomic E-state index is 0.157. The fourth-order valence-electron chi connectivity index (χ4n) is 1.49. The summed E-state index contributed by atoms with van der Waals surface area (Å²) in [5.74, 6) is 0.157. The van der Waals surface area contributed by atoms with Crippen LogP contribution in [0.2, 0.25) is 0 Å². The van der Waals surface area contributed by atoms with Crippen LogP contribution in [0.3, 0.4) is 0 Å². The first kappa shape index (κ1) is 9.41. The van der Waals surface area contributed by atoms with Gasteiger partial charge in [0.05, 0.1) is 4.88 Å². The van der Waals surface area contributed by atoms with Crippen LogP contribution < -0.4 is 0 Å². The van der Waals surface area contributed by atoms with Gasteiger partial charge in [-0.15, -0.1) is 11.3 Å². The average Bonchev–Trinajstić information content (AvgIpc) is 2.59. The zero-order chi connectivity index (χ0) is 10.1. The Morgan fingerprint density at radius 3 is 2.79 bits per heavy atom. The van der Waals surface area contributed by atoms with E-state index in [4.69, 9.17) is 0 Å². The molecular formula is C12H12OS. The molecule has 2 rings (SSSR count). The van der Waals surface area contributed by atoms with Gasteiger partial charge in [0.2, 0.25) is 0 Å². The third-order valence-corrected chi connectivity index (χ3v) is 3.55. The summed E-state index contributed by atoms with van der Waals surface area (Å²) in [4.78, 5) is 12.0. The second-order valence-corrected chi connectivity index (χ2v) is 4.48. The standard InChI is InChI=1S/C12H12OS/c1-3-9-4-5-11-10(6-9)7-12(14-11)8(2)13/h4-7H,3H2,1-2H3. The Bertz CT molecular complexity index is 482. The van der Waals surface area contributed by atoms with Gasteiger partial charge in [0.25, 0.3) is 0 Å². The number of hydrogen-bond donors (Lipinski definition) is 0. The van der Waals surface area contributed by atoms with Gasteiger partial charge in [0.1, 0.15) is 0 Å². The lowest BCUT2D eigenvalue weighted by molar-refractivity contribution is 0.102. The van der Waals surface area contributed by atoms with Crippen LogP contribution in [0.5, 0.6) is 0 Å². The fourth-order valence-corrected chi connectivity index (χ4v) is 2.42. The summed E-state index contributed by atoms with van der Waals surface area (Å²) in [5, 5.41) is 1.19. The highest BCUT2D eigenvalue weighted by molar-refractivity contribution is 7.20. The summed E-state index contributed by atoms with van der Waals surface area (Å²) >= 11 is 1.58. The molecule has 1 heterocycles. The number of carbonyl (C=O) groups excluding carboxylic acids is 1. The Hall–Kier alpha value is -1.15. The van der Waals surface area contributed by atoms with Crippen molar-refractivity contribution >= 4 is 27.2 Å². The van der Waals surface area contributed by atoms with E-state index < -0.39 is 0 Å². The molecule has 1 aromatic carbocycles. The Balaban J connectivity index is 2.60. The highest BCUT2D eigenvalue weighted by atomic mass is 32.1. The first-order valence-corrected chi connectivity index (χ1v) is 5.55. The first-order chi connectivity index (χ1) is 6.70. The molecule has 0 saturated carbocycles. The molecule has 0 saturated heterocycles. The molecule has 0 atom stereocenters. The molecule has 0 aliphatic rings. The summed E-state index contributed by atoms with van der Waals surface area (Å²) in [5.41, 5.74) is 1.32. The number of carbonyl (C=O) groups is 1.